The summed E-state index contributed by atoms with van der Waals surface area (Å²) in [4.78, 5) is 65.0. The molecule has 6 N–H and O–H groups in total. The zero-order chi connectivity index (χ0) is 41.3. The standard InChI is InChI=1S/C20H15F3N4O3.C18H20FN5O4/c21-8-1-2-15(13(22)3-8)27-7-12(20(29)30)17(28)9-4-14(23)19(25-18(9)27)26-5-10-11(6-26)16(10)24;1-28-22-14-8-23(6-9(14)5-20)17-13(19)4-11-15(25)12(18(26)27)7-24(10-2-3-10)16(11)21-17/h1-4,7,10-11,16H,5-6,24H2,(H,29,30);4,7,9-10H,2-3,5-6,8,20H2,1H3,(H,26,27)/b;22-14+/t10-,11+,16?;. The normalized spacial score (nSPS) is 21.7. The zero-order valence-corrected chi connectivity index (χ0v) is 30.6. The third-order valence-electron chi connectivity index (χ3n) is 11.0. The van der Waals surface area contributed by atoms with E-state index < -0.39 is 51.6 Å². The molecule has 2 unspecified atom stereocenters. The Morgan fingerprint density at radius 3 is 2.00 bits per heavy atom. The highest BCUT2D eigenvalue weighted by atomic mass is 19.1. The largest absolute Gasteiger partial charge is 0.477 e. The number of pyridine rings is 4. The van der Waals surface area contributed by atoms with Crippen molar-refractivity contribution in [3.8, 4) is 5.69 Å². The molecule has 5 aromatic rings. The van der Waals surface area contributed by atoms with E-state index in [1.54, 1.807) is 14.4 Å². The van der Waals surface area contributed by atoms with Crippen molar-refractivity contribution in [2.75, 3.05) is 49.6 Å². The molecule has 4 aliphatic rings. The summed E-state index contributed by atoms with van der Waals surface area (Å²) in [6.07, 6.45) is 3.93. The van der Waals surface area contributed by atoms with Gasteiger partial charge in [0.05, 0.1) is 28.7 Å². The van der Waals surface area contributed by atoms with Crippen molar-refractivity contribution < 1.29 is 42.2 Å². The van der Waals surface area contributed by atoms with Gasteiger partial charge in [0.1, 0.15) is 35.5 Å². The number of carboxylic acid groups (broad SMARTS) is 2. The summed E-state index contributed by atoms with van der Waals surface area (Å²) < 4.78 is 60.2. The van der Waals surface area contributed by atoms with Crippen LogP contribution in [0.2, 0.25) is 0 Å². The van der Waals surface area contributed by atoms with Crippen LogP contribution in [0.4, 0.5) is 29.2 Å². The number of piperidine rings is 1. The highest BCUT2D eigenvalue weighted by Crippen LogP contribution is 2.45. The van der Waals surface area contributed by atoms with Crippen LogP contribution in [-0.2, 0) is 4.84 Å². The molecule has 302 valence electrons. The lowest BCUT2D eigenvalue weighted by molar-refractivity contribution is 0.0684. The molecule has 9 rings (SSSR count). The SMILES string of the molecule is CO/N=C1\CN(c2nc3c(cc2F)c(=O)c(C(=O)O)cn3C2CC2)CC1CN.NC1[C@H]2CN(c3nc4c(cc3F)c(=O)c(C(=O)O)cn4-c3ccc(F)cc3F)C[C@@H]12. The second-order valence-corrected chi connectivity index (χ2v) is 14.7. The van der Waals surface area contributed by atoms with Crippen molar-refractivity contribution in [1.29, 1.82) is 0 Å². The van der Waals surface area contributed by atoms with Gasteiger partial charge in [0, 0.05) is 62.6 Å². The van der Waals surface area contributed by atoms with E-state index in [1.165, 1.54) is 13.3 Å². The van der Waals surface area contributed by atoms with E-state index in [1.807, 2.05) is 0 Å². The first-order valence-electron chi connectivity index (χ1n) is 18.2. The van der Waals surface area contributed by atoms with E-state index in [-0.39, 0.29) is 74.8 Å². The van der Waals surface area contributed by atoms with E-state index in [0.29, 0.717) is 44.5 Å². The number of rotatable bonds is 8. The van der Waals surface area contributed by atoms with Gasteiger partial charge in [0.15, 0.2) is 28.9 Å². The quantitative estimate of drug-likeness (QED) is 0.131. The molecule has 58 heavy (non-hydrogen) atoms. The number of aromatic nitrogens is 4. The molecular formula is C38H35F4N9O7. The number of oxime groups is 1. The van der Waals surface area contributed by atoms with Crippen molar-refractivity contribution >= 4 is 51.4 Å². The van der Waals surface area contributed by atoms with Crippen LogP contribution in [0.25, 0.3) is 27.8 Å². The minimum absolute atomic E-state index is 0.0272. The minimum atomic E-state index is -1.56. The Bertz CT molecular complexity index is 2690. The molecule has 4 aromatic heterocycles. The first kappa shape index (κ1) is 38.5. The Labute approximate surface area is 324 Å². The van der Waals surface area contributed by atoms with Gasteiger partial charge in [0.25, 0.3) is 0 Å². The third-order valence-corrected chi connectivity index (χ3v) is 11.0. The van der Waals surface area contributed by atoms with Gasteiger partial charge >= 0.3 is 11.9 Å². The predicted molar refractivity (Wildman–Crippen MR) is 202 cm³/mol. The number of nitrogens with two attached hydrogens (primary N) is 2. The van der Waals surface area contributed by atoms with Crippen LogP contribution in [0, 0.1) is 41.0 Å². The zero-order valence-electron chi connectivity index (χ0n) is 30.6. The smallest absolute Gasteiger partial charge is 0.341 e. The number of hydrogen-bond donors (Lipinski definition) is 4. The number of carboxylic acids is 2. The van der Waals surface area contributed by atoms with Gasteiger partial charge < -0.3 is 40.9 Å². The van der Waals surface area contributed by atoms with Crippen LogP contribution >= 0.6 is 0 Å². The van der Waals surface area contributed by atoms with Gasteiger partial charge in [0.2, 0.25) is 10.9 Å². The molecule has 0 bridgehead atoms. The third kappa shape index (κ3) is 6.66. The molecule has 4 fully saturated rings. The van der Waals surface area contributed by atoms with Crippen LogP contribution in [0.1, 0.15) is 39.6 Å². The van der Waals surface area contributed by atoms with Gasteiger partial charge in [-0.25, -0.2) is 37.1 Å². The number of aromatic carboxylic acids is 2. The second-order valence-electron chi connectivity index (χ2n) is 14.7. The average molecular weight is 806 g/mol. The first-order valence-corrected chi connectivity index (χ1v) is 18.2. The van der Waals surface area contributed by atoms with Crippen molar-refractivity contribution in [2.24, 2.45) is 34.4 Å². The Balaban J connectivity index is 0.000000162. The Hall–Kier alpha value is -6.41. The molecule has 0 radical (unpaired) electrons. The van der Waals surface area contributed by atoms with Gasteiger partial charge in [-0.3, -0.25) is 14.2 Å². The lowest BCUT2D eigenvalue weighted by atomic mass is 10.1. The van der Waals surface area contributed by atoms with Crippen molar-refractivity contribution in [1.82, 2.24) is 19.1 Å². The van der Waals surface area contributed by atoms with Gasteiger partial charge in [-0.05, 0) is 48.9 Å². The molecule has 0 spiro atoms. The van der Waals surface area contributed by atoms with E-state index in [4.69, 9.17) is 16.3 Å². The number of nitrogens with zero attached hydrogens (tertiary/aromatic N) is 7. The van der Waals surface area contributed by atoms with E-state index >= 15 is 0 Å². The summed E-state index contributed by atoms with van der Waals surface area (Å²) in [7, 11) is 1.44. The summed E-state index contributed by atoms with van der Waals surface area (Å²) >= 11 is 0. The molecule has 2 saturated heterocycles. The van der Waals surface area contributed by atoms with Crippen molar-refractivity contribution in [2.45, 2.75) is 24.9 Å². The van der Waals surface area contributed by atoms with Gasteiger partial charge in [-0.15, -0.1) is 0 Å². The number of fused-ring (bicyclic) bond motifs is 3. The number of hydrogen-bond acceptors (Lipinski definition) is 12. The molecule has 1 aromatic carbocycles. The molecule has 20 heteroatoms. The van der Waals surface area contributed by atoms with Crippen molar-refractivity contribution in [3.63, 3.8) is 0 Å². The van der Waals surface area contributed by atoms with Gasteiger partial charge in [-0.2, -0.15) is 0 Å². The minimum Gasteiger partial charge on any atom is -0.477 e. The number of carbonyl (C=O) groups is 2. The summed E-state index contributed by atoms with van der Waals surface area (Å²) in [6, 6.07) is 4.84. The summed E-state index contributed by atoms with van der Waals surface area (Å²) in [5, 5.41) is 22.3. The number of benzene rings is 1. The maximum Gasteiger partial charge on any atom is 0.341 e. The highest BCUT2D eigenvalue weighted by molar-refractivity contribution is 5.95. The van der Waals surface area contributed by atoms with Crippen LogP contribution in [0.15, 0.2) is 57.5 Å². The number of halogens is 4. The fourth-order valence-corrected chi connectivity index (χ4v) is 7.79. The van der Waals surface area contributed by atoms with Crippen LogP contribution in [0.5, 0.6) is 0 Å². The number of anilines is 2. The van der Waals surface area contributed by atoms with Crippen LogP contribution in [0.3, 0.4) is 0 Å². The Morgan fingerprint density at radius 1 is 0.845 bits per heavy atom. The molecule has 16 nitrogen and oxygen atoms in total. The fourth-order valence-electron chi connectivity index (χ4n) is 7.79. The lowest BCUT2D eigenvalue weighted by Crippen LogP contribution is -2.30. The van der Waals surface area contributed by atoms with E-state index in [2.05, 4.69) is 15.1 Å². The Kier molecular flexibility index (Phi) is 9.62. The topological polar surface area (TPSA) is 224 Å². The lowest BCUT2D eigenvalue weighted by Gasteiger charge is -2.22. The van der Waals surface area contributed by atoms with E-state index in [0.717, 1.165) is 47.9 Å². The maximum absolute atomic E-state index is 14.9. The maximum atomic E-state index is 14.9. The molecule has 4 atom stereocenters. The summed E-state index contributed by atoms with van der Waals surface area (Å²) in [5.74, 6) is -5.73. The Morgan fingerprint density at radius 2 is 1.43 bits per heavy atom. The van der Waals surface area contributed by atoms with Crippen molar-refractivity contribution in [3.05, 3.63) is 97.6 Å². The summed E-state index contributed by atoms with van der Waals surface area (Å²) in [6.45, 7) is 2.08. The summed E-state index contributed by atoms with van der Waals surface area (Å²) in [5.41, 5.74) is 9.59. The highest BCUT2D eigenvalue weighted by Gasteiger charge is 2.54. The molecule has 2 aliphatic heterocycles. The monoisotopic (exact) mass is 805 g/mol. The molecule has 0 amide bonds. The molecule has 6 heterocycles. The molecule has 2 aliphatic carbocycles. The average Bonchev–Trinajstić information content (AvgIpc) is 4.02. The van der Waals surface area contributed by atoms with Gasteiger partial charge in [-0.1, -0.05) is 5.16 Å². The van der Waals surface area contributed by atoms with E-state index in [9.17, 15) is 47.0 Å². The molecule has 2 saturated carbocycles. The first-order chi connectivity index (χ1) is 27.7. The molecular weight excluding hydrogens is 770 g/mol. The fraction of sp³-hybridized carbons (Fsp3) is 0.342. The van der Waals surface area contributed by atoms with Crippen LogP contribution in [-0.4, -0.2) is 92.8 Å². The second kappa shape index (κ2) is 14.5. The van der Waals surface area contributed by atoms with Crippen LogP contribution < -0.4 is 32.1 Å². The predicted octanol–water partition coefficient (Wildman–Crippen LogP) is 2.86.